The number of halogens is 1. The van der Waals surface area contributed by atoms with E-state index >= 15 is 0 Å². The number of carbonyl (C=O) groups is 1. The van der Waals surface area contributed by atoms with Gasteiger partial charge >= 0.3 is 5.97 Å². The van der Waals surface area contributed by atoms with Crippen molar-refractivity contribution in [3.63, 3.8) is 0 Å². The number of methoxy groups -OCH3 is 1. The highest BCUT2D eigenvalue weighted by Gasteiger charge is 2.28. The van der Waals surface area contributed by atoms with Gasteiger partial charge in [0.2, 0.25) is 0 Å². The third-order valence-corrected chi connectivity index (χ3v) is 5.00. The van der Waals surface area contributed by atoms with E-state index in [2.05, 4.69) is 30.7 Å². The van der Waals surface area contributed by atoms with Gasteiger partial charge in [-0.25, -0.2) is 9.78 Å². The maximum atomic E-state index is 12.0. The van der Waals surface area contributed by atoms with Crippen LogP contribution in [0, 0.1) is 0 Å². The molecule has 1 aromatic rings. The van der Waals surface area contributed by atoms with E-state index in [4.69, 9.17) is 9.47 Å². The first kappa shape index (κ1) is 16.7. The highest BCUT2D eigenvalue weighted by Crippen LogP contribution is 2.27. The minimum Gasteiger partial charge on any atom is -0.465 e. The van der Waals surface area contributed by atoms with Crippen LogP contribution in [0.1, 0.15) is 23.2 Å². The fourth-order valence-electron chi connectivity index (χ4n) is 3.33. The summed E-state index contributed by atoms with van der Waals surface area (Å²) in [5.74, 6) is 0.379. The van der Waals surface area contributed by atoms with Crippen molar-refractivity contribution in [1.82, 2.24) is 9.88 Å². The Morgan fingerprint density at radius 1 is 1.30 bits per heavy atom. The van der Waals surface area contributed by atoms with Gasteiger partial charge in [-0.2, -0.15) is 0 Å². The van der Waals surface area contributed by atoms with Crippen molar-refractivity contribution in [3.05, 3.63) is 22.3 Å². The van der Waals surface area contributed by atoms with Gasteiger partial charge in [-0.05, 0) is 34.8 Å². The number of esters is 1. The van der Waals surface area contributed by atoms with Gasteiger partial charge in [0.15, 0.2) is 0 Å². The molecule has 0 atom stereocenters. The number of aromatic nitrogens is 1. The largest absolute Gasteiger partial charge is 0.465 e. The Morgan fingerprint density at radius 2 is 2.00 bits per heavy atom. The Hall–Kier alpha value is -1.18. The summed E-state index contributed by atoms with van der Waals surface area (Å²) < 4.78 is 11.1. The lowest BCUT2D eigenvalue weighted by atomic mass is 10.0. The quantitative estimate of drug-likeness (QED) is 0.743. The van der Waals surface area contributed by atoms with E-state index in [1.54, 1.807) is 12.3 Å². The van der Waals surface area contributed by atoms with Crippen molar-refractivity contribution < 1.29 is 14.3 Å². The zero-order chi connectivity index (χ0) is 16.2. The zero-order valence-electron chi connectivity index (χ0n) is 13.3. The molecule has 0 saturated carbocycles. The lowest BCUT2D eigenvalue weighted by molar-refractivity contribution is 0.0114. The zero-order valence-corrected chi connectivity index (χ0v) is 14.9. The molecular formula is C16H22BrN3O3. The van der Waals surface area contributed by atoms with E-state index in [-0.39, 0.29) is 5.97 Å². The first-order valence-corrected chi connectivity index (χ1v) is 8.79. The van der Waals surface area contributed by atoms with E-state index in [0.29, 0.717) is 11.6 Å². The third-order valence-electron chi connectivity index (χ3n) is 4.56. The number of morpholine rings is 1. The molecular weight excluding hydrogens is 362 g/mol. The van der Waals surface area contributed by atoms with Gasteiger partial charge in [-0.15, -0.1) is 0 Å². The molecule has 2 saturated heterocycles. The van der Waals surface area contributed by atoms with Gasteiger partial charge in [0.05, 0.1) is 20.3 Å². The molecule has 23 heavy (non-hydrogen) atoms. The van der Waals surface area contributed by atoms with Gasteiger partial charge in [-0.1, -0.05) is 0 Å². The molecule has 0 aromatic carbocycles. The number of hydrogen-bond donors (Lipinski definition) is 0. The molecule has 1 aromatic heterocycles. The standard InChI is InChI=1S/C16H22BrN3O3/c1-22-16(21)14-10-12(17)11-18-15(14)20-4-2-13(3-5-20)19-6-8-23-9-7-19/h10-11,13H,2-9H2,1H3. The van der Waals surface area contributed by atoms with Crippen molar-refractivity contribution in [2.45, 2.75) is 18.9 Å². The summed E-state index contributed by atoms with van der Waals surface area (Å²) in [6, 6.07) is 2.38. The van der Waals surface area contributed by atoms with Crippen LogP contribution in [0.25, 0.3) is 0 Å². The molecule has 3 rings (SSSR count). The van der Waals surface area contributed by atoms with E-state index in [1.165, 1.54) is 7.11 Å². The molecule has 2 aliphatic heterocycles. The molecule has 6 nitrogen and oxygen atoms in total. The van der Waals surface area contributed by atoms with Crippen molar-refractivity contribution in [2.75, 3.05) is 51.4 Å². The van der Waals surface area contributed by atoms with Gasteiger partial charge < -0.3 is 14.4 Å². The van der Waals surface area contributed by atoms with Crippen LogP contribution >= 0.6 is 15.9 Å². The van der Waals surface area contributed by atoms with Crippen LogP contribution in [-0.4, -0.2) is 68.4 Å². The number of pyridine rings is 1. The van der Waals surface area contributed by atoms with E-state index in [9.17, 15) is 4.79 Å². The summed E-state index contributed by atoms with van der Waals surface area (Å²) in [4.78, 5) is 21.2. The second-order valence-electron chi connectivity index (χ2n) is 5.88. The average Bonchev–Trinajstić information content (AvgIpc) is 2.62. The number of nitrogens with zero attached hydrogens (tertiary/aromatic N) is 3. The molecule has 0 N–H and O–H groups in total. The highest BCUT2D eigenvalue weighted by molar-refractivity contribution is 9.10. The monoisotopic (exact) mass is 383 g/mol. The second-order valence-corrected chi connectivity index (χ2v) is 6.80. The van der Waals surface area contributed by atoms with Crippen molar-refractivity contribution >= 4 is 27.7 Å². The van der Waals surface area contributed by atoms with Crippen LogP contribution in [0.4, 0.5) is 5.82 Å². The molecule has 0 aliphatic carbocycles. The highest BCUT2D eigenvalue weighted by atomic mass is 79.9. The molecule has 2 aliphatic rings. The molecule has 0 bridgehead atoms. The number of rotatable bonds is 3. The Balaban J connectivity index is 1.68. The molecule has 2 fully saturated rings. The summed E-state index contributed by atoms with van der Waals surface area (Å²) in [5, 5.41) is 0. The number of piperidine rings is 1. The topological polar surface area (TPSA) is 54.9 Å². The third kappa shape index (κ3) is 3.84. The Bertz CT molecular complexity index is 556. The van der Waals surface area contributed by atoms with Crippen molar-refractivity contribution in [3.8, 4) is 0 Å². The number of ether oxygens (including phenoxy) is 2. The predicted molar refractivity (Wildman–Crippen MR) is 90.9 cm³/mol. The van der Waals surface area contributed by atoms with Crippen LogP contribution < -0.4 is 4.90 Å². The summed E-state index contributed by atoms with van der Waals surface area (Å²) in [6.45, 7) is 5.52. The summed E-state index contributed by atoms with van der Waals surface area (Å²) in [5.41, 5.74) is 0.520. The lowest BCUT2D eigenvalue weighted by Crippen LogP contribution is -2.49. The van der Waals surface area contributed by atoms with Crippen LogP contribution in [-0.2, 0) is 9.47 Å². The van der Waals surface area contributed by atoms with E-state index < -0.39 is 0 Å². The van der Waals surface area contributed by atoms with Gasteiger partial charge in [-0.3, -0.25) is 4.90 Å². The minimum absolute atomic E-state index is 0.343. The number of hydrogen-bond acceptors (Lipinski definition) is 6. The second kappa shape index (κ2) is 7.59. The smallest absolute Gasteiger partial charge is 0.341 e. The molecule has 126 valence electrons. The van der Waals surface area contributed by atoms with Crippen LogP contribution in [0.15, 0.2) is 16.7 Å². The Morgan fingerprint density at radius 3 is 2.65 bits per heavy atom. The van der Waals surface area contributed by atoms with Crippen LogP contribution in [0.5, 0.6) is 0 Å². The first-order chi connectivity index (χ1) is 11.2. The van der Waals surface area contributed by atoms with Crippen LogP contribution in [0.3, 0.4) is 0 Å². The Kier molecular flexibility index (Phi) is 5.50. The summed E-state index contributed by atoms with van der Waals surface area (Å²) in [6.07, 6.45) is 3.90. The van der Waals surface area contributed by atoms with E-state index in [1.807, 2.05) is 0 Å². The molecule has 0 radical (unpaired) electrons. The maximum Gasteiger partial charge on any atom is 0.341 e. The normalized spacial score (nSPS) is 20.5. The van der Waals surface area contributed by atoms with Gasteiger partial charge in [0, 0.05) is 42.9 Å². The van der Waals surface area contributed by atoms with Gasteiger partial charge in [0.25, 0.3) is 0 Å². The molecule has 3 heterocycles. The van der Waals surface area contributed by atoms with Crippen molar-refractivity contribution in [1.29, 1.82) is 0 Å². The summed E-state index contributed by atoms with van der Waals surface area (Å²) in [7, 11) is 1.40. The van der Waals surface area contributed by atoms with Crippen molar-refractivity contribution in [2.24, 2.45) is 0 Å². The average molecular weight is 384 g/mol. The maximum absolute atomic E-state index is 12.0. The molecule has 0 unspecified atom stereocenters. The SMILES string of the molecule is COC(=O)c1cc(Br)cnc1N1CCC(N2CCOCC2)CC1. The molecule has 0 spiro atoms. The molecule has 7 heteroatoms. The fraction of sp³-hybridized carbons (Fsp3) is 0.625. The van der Waals surface area contributed by atoms with E-state index in [0.717, 1.165) is 62.5 Å². The van der Waals surface area contributed by atoms with Gasteiger partial charge in [0.1, 0.15) is 11.4 Å². The molecule has 0 amide bonds. The number of carbonyl (C=O) groups excluding carboxylic acids is 1. The minimum atomic E-state index is -0.343. The first-order valence-electron chi connectivity index (χ1n) is 7.99. The lowest BCUT2D eigenvalue weighted by Gasteiger charge is -2.40. The number of anilines is 1. The summed E-state index contributed by atoms with van der Waals surface area (Å²) >= 11 is 3.37. The van der Waals surface area contributed by atoms with Crippen LogP contribution in [0.2, 0.25) is 0 Å². The fourth-order valence-corrected chi connectivity index (χ4v) is 3.66. The Labute approximate surface area is 144 Å². The predicted octanol–water partition coefficient (Wildman–Crippen LogP) is 1.93.